The summed E-state index contributed by atoms with van der Waals surface area (Å²) >= 11 is 0. The van der Waals surface area contributed by atoms with Crippen molar-refractivity contribution in [1.29, 1.82) is 0 Å². The van der Waals surface area contributed by atoms with Gasteiger partial charge in [0, 0.05) is 19.2 Å². The number of rotatable bonds is 8. The molecule has 1 aliphatic rings. The number of hydrogen-bond acceptors (Lipinski definition) is 2. The van der Waals surface area contributed by atoms with Crippen molar-refractivity contribution in [1.82, 2.24) is 5.32 Å². The van der Waals surface area contributed by atoms with Crippen LogP contribution in [0.1, 0.15) is 38.3 Å². The average Bonchev–Trinajstić information content (AvgIpc) is 3.18. The zero-order chi connectivity index (χ0) is 12.8. The molecule has 2 nitrogen and oxygen atoms in total. The van der Waals surface area contributed by atoms with Crippen molar-refractivity contribution in [2.24, 2.45) is 11.8 Å². The highest BCUT2D eigenvalue weighted by Gasteiger charge is 2.21. The maximum atomic E-state index is 5.66. The minimum atomic E-state index is 0.427. The zero-order valence-electron chi connectivity index (χ0n) is 11.6. The van der Waals surface area contributed by atoms with Crippen LogP contribution in [-0.4, -0.2) is 19.8 Å². The van der Waals surface area contributed by atoms with Crippen LogP contribution in [0, 0.1) is 11.8 Å². The standard InChI is InChI=1S/C16H25NO/c1-13(2)16(15-6-4-3-5-7-15)17-10-11-18-12-14-8-9-14/h3-7,13-14,16-17H,8-12H2,1-2H3. The minimum Gasteiger partial charge on any atom is -0.380 e. The summed E-state index contributed by atoms with van der Waals surface area (Å²) in [4.78, 5) is 0. The van der Waals surface area contributed by atoms with E-state index >= 15 is 0 Å². The molecule has 0 radical (unpaired) electrons. The number of ether oxygens (including phenoxy) is 1. The van der Waals surface area contributed by atoms with Crippen LogP contribution >= 0.6 is 0 Å². The molecule has 1 aromatic carbocycles. The van der Waals surface area contributed by atoms with Gasteiger partial charge in [0.1, 0.15) is 0 Å². The Morgan fingerprint density at radius 2 is 1.94 bits per heavy atom. The first-order valence-electron chi connectivity index (χ1n) is 7.13. The molecule has 1 aromatic rings. The summed E-state index contributed by atoms with van der Waals surface area (Å²) in [6.45, 7) is 7.24. The molecule has 0 aromatic heterocycles. The zero-order valence-corrected chi connectivity index (χ0v) is 11.6. The van der Waals surface area contributed by atoms with Gasteiger partial charge in [0.25, 0.3) is 0 Å². The Balaban J connectivity index is 1.72. The third kappa shape index (κ3) is 4.43. The number of benzene rings is 1. The molecule has 100 valence electrons. The first-order valence-corrected chi connectivity index (χ1v) is 7.13. The molecule has 0 bridgehead atoms. The number of hydrogen-bond donors (Lipinski definition) is 1. The molecule has 1 fully saturated rings. The van der Waals surface area contributed by atoms with Gasteiger partial charge >= 0.3 is 0 Å². The van der Waals surface area contributed by atoms with Crippen molar-refractivity contribution in [3.63, 3.8) is 0 Å². The molecular formula is C16H25NO. The molecule has 1 N–H and O–H groups in total. The highest BCUT2D eigenvalue weighted by Crippen LogP contribution is 2.28. The molecule has 1 aliphatic carbocycles. The van der Waals surface area contributed by atoms with E-state index in [9.17, 15) is 0 Å². The van der Waals surface area contributed by atoms with E-state index in [1.165, 1.54) is 18.4 Å². The second-order valence-corrected chi connectivity index (χ2v) is 5.60. The Morgan fingerprint density at radius 3 is 2.56 bits per heavy atom. The maximum absolute atomic E-state index is 5.66. The predicted molar refractivity (Wildman–Crippen MR) is 75.6 cm³/mol. The fraction of sp³-hybridized carbons (Fsp3) is 0.625. The molecule has 1 saturated carbocycles. The molecule has 0 spiro atoms. The van der Waals surface area contributed by atoms with E-state index in [0.717, 1.165) is 25.7 Å². The molecule has 1 unspecified atom stereocenters. The van der Waals surface area contributed by atoms with Gasteiger partial charge in [-0.05, 0) is 30.2 Å². The van der Waals surface area contributed by atoms with Crippen LogP contribution in [0.2, 0.25) is 0 Å². The van der Waals surface area contributed by atoms with Gasteiger partial charge in [0.05, 0.1) is 6.61 Å². The quantitative estimate of drug-likeness (QED) is 0.711. The Morgan fingerprint density at radius 1 is 1.22 bits per heavy atom. The highest BCUT2D eigenvalue weighted by molar-refractivity contribution is 5.19. The second-order valence-electron chi connectivity index (χ2n) is 5.60. The maximum Gasteiger partial charge on any atom is 0.0591 e. The normalized spacial score (nSPS) is 17.1. The predicted octanol–water partition coefficient (Wildman–Crippen LogP) is 3.40. The van der Waals surface area contributed by atoms with Crippen molar-refractivity contribution in [2.75, 3.05) is 19.8 Å². The summed E-state index contributed by atoms with van der Waals surface area (Å²) in [6.07, 6.45) is 2.73. The van der Waals surface area contributed by atoms with Crippen molar-refractivity contribution in [3.8, 4) is 0 Å². The summed E-state index contributed by atoms with van der Waals surface area (Å²) in [7, 11) is 0. The van der Waals surface area contributed by atoms with E-state index in [2.05, 4.69) is 49.5 Å². The lowest BCUT2D eigenvalue weighted by Crippen LogP contribution is -2.29. The molecule has 0 heterocycles. The van der Waals surface area contributed by atoms with Crippen LogP contribution in [-0.2, 0) is 4.74 Å². The van der Waals surface area contributed by atoms with Gasteiger partial charge in [-0.15, -0.1) is 0 Å². The Hall–Kier alpha value is -0.860. The van der Waals surface area contributed by atoms with Crippen LogP contribution in [0.25, 0.3) is 0 Å². The van der Waals surface area contributed by atoms with Crippen LogP contribution in [0.5, 0.6) is 0 Å². The highest BCUT2D eigenvalue weighted by atomic mass is 16.5. The van der Waals surface area contributed by atoms with E-state index in [0.29, 0.717) is 12.0 Å². The molecule has 2 rings (SSSR count). The lowest BCUT2D eigenvalue weighted by molar-refractivity contribution is 0.122. The SMILES string of the molecule is CC(C)C(NCCOCC1CC1)c1ccccc1. The monoisotopic (exact) mass is 247 g/mol. The lowest BCUT2D eigenvalue weighted by atomic mass is 9.96. The van der Waals surface area contributed by atoms with Crippen LogP contribution in [0.15, 0.2) is 30.3 Å². The smallest absolute Gasteiger partial charge is 0.0591 e. The van der Waals surface area contributed by atoms with E-state index < -0.39 is 0 Å². The summed E-state index contributed by atoms with van der Waals surface area (Å²) in [5.74, 6) is 1.45. The van der Waals surface area contributed by atoms with Crippen LogP contribution < -0.4 is 5.32 Å². The molecule has 0 aliphatic heterocycles. The molecule has 2 heteroatoms. The van der Waals surface area contributed by atoms with Crippen molar-refractivity contribution >= 4 is 0 Å². The van der Waals surface area contributed by atoms with Gasteiger partial charge in [-0.1, -0.05) is 44.2 Å². The first-order chi connectivity index (χ1) is 8.77. The first kappa shape index (κ1) is 13.6. The summed E-state index contributed by atoms with van der Waals surface area (Å²) < 4.78 is 5.66. The summed E-state index contributed by atoms with van der Waals surface area (Å²) in [5, 5.41) is 3.60. The Bertz CT molecular complexity index is 332. The van der Waals surface area contributed by atoms with Crippen LogP contribution in [0.3, 0.4) is 0 Å². The van der Waals surface area contributed by atoms with Crippen LogP contribution in [0.4, 0.5) is 0 Å². The third-order valence-corrected chi connectivity index (χ3v) is 3.49. The molecule has 18 heavy (non-hydrogen) atoms. The topological polar surface area (TPSA) is 21.3 Å². The van der Waals surface area contributed by atoms with E-state index in [1.807, 2.05) is 0 Å². The van der Waals surface area contributed by atoms with Gasteiger partial charge in [0.2, 0.25) is 0 Å². The largest absolute Gasteiger partial charge is 0.380 e. The van der Waals surface area contributed by atoms with Gasteiger partial charge in [-0.25, -0.2) is 0 Å². The molecule has 1 atom stereocenters. The van der Waals surface area contributed by atoms with Gasteiger partial charge < -0.3 is 10.1 Å². The van der Waals surface area contributed by atoms with Gasteiger partial charge in [-0.2, -0.15) is 0 Å². The van der Waals surface area contributed by atoms with E-state index in [1.54, 1.807) is 0 Å². The average molecular weight is 247 g/mol. The molecule has 0 saturated heterocycles. The lowest BCUT2D eigenvalue weighted by Gasteiger charge is -2.23. The van der Waals surface area contributed by atoms with Crippen molar-refractivity contribution < 1.29 is 4.74 Å². The summed E-state index contributed by atoms with van der Waals surface area (Å²) in [5.41, 5.74) is 1.37. The fourth-order valence-electron chi connectivity index (χ4n) is 2.22. The number of nitrogens with one attached hydrogen (secondary N) is 1. The van der Waals surface area contributed by atoms with E-state index in [4.69, 9.17) is 4.74 Å². The Kier molecular flexibility index (Phi) is 5.21. The fourth-order valence-corrected chi connectivity index (χ4v) is 2.22. The Labute approximate surface area is 111 Å². The van der Waals surface area contributed by atoms with E-state index in [-0.39, 0.29) is 0 Å². The van der Waals surface area contributed by atoms with Gasteiger partial charge in [0.15, 0.2) is 0 Å². The van der Waals surface area contributed by atoms with Crippen molar-refractivity contribution in [3.05, 3.63) is 35.9 Å². The van der Waals surface area contributed by atoms with Gasteiger partial charge in [-0.3, -0.25) is 0 Å². The second kappa shape index (κ2) is 6.91. The van der Waals surface area contributed by atoms with Crippen molar-refractivity contribution in [2.45, 2.75) is 32.7 Å². The molecular weight excluding hydrogens is 222 g/mol. The summed E-state index contributed by atoms with van der Waals surface area (Å²) in [6, 6.07) is 11.1. The molecule has 0 amide bonds. The third-order valence-electron chi connectivity index (χ3n) is 3.49. The minimum absolute atomic E-state index is 0.427.